The molecule has 5 heteroatoms. The molecule has 0 aliphatic heterocycles. The number of aryl methyl sites for hydroxylation is 1. The molecule has 0 aromatic carbocycles. The van der Waals surface area contributed by atoms with Crippen LogP contribution in [0.4, 0.5) is 0 Å². The Morgan fingerprint density at radius 1 is 1.50 bits per heavy atom. The largest absolute Gasteiger partial charge is 0.329 e. The standard InChI is InChI=1S/C9H19N5/c1-3-13(6-5-10)7-9-11-8-12-14(9)4-2/h8H,3-7,10H2,1-2H3. The van der Waals surface area contributed by atoms with Crippen molar-refractivity contribution in [3.8, 4) is 0 Å². The fraction of sp³-hybridized carbons (Fsp3) is 0.778. The van der Waals surface area contributed by atoms with Crippen molar-refractivity contribution in [1.82, 2.24) is 19.7 Å². The summed E-state index contributed by atoms with van der Waals surface area (Å²) in [6.07, 6.45) is 1.61. The van der Waals surface area contributed by atoms with Crippen LogP contribution in [0, 0.1) is 0 Å². The number of likely N-dealkylation sites (N-methyl/N-ethyl adjacent to an activating group) is 1. The van der Waals surface area contributed by atoms with Gasteiger partial charge < -0.3 is 5.73 Å². The number of hydrogen-bond donors (Lipinski definition) is 1. The summed E-state index contributed by atoms with van der Waals surface area (Å²) in [5, 5.41) is 4.13. The fourth-order valence-electron chi connectivity index (χ4n) is 1.41. The van der Waals surface area contributed by atoms with Gasteiger partial charge in [-0.05, 0) is 13.5 Å². The second-order valence-electron chi connectivity index (χ2n) is 3.15. The molecule has 0 unspecified atom stereocenters. The molecule has 1 aromatic rings. The molecule has 14 heavy (non-hydrogen) atoms. The minimum absolute atomic E-state index is 0.689. The lowest BCUT2D eigenvalue weighted by Crippen LogP contribution is -2.30. The maximum atomic E-state index is 5.52. The first kappa shape index (κ1) is 11.1. The maximum absolute atomic E-state index is 5.52. The number of nitrogens with two attached hydrogens (primary N) is 1. The smallest absolute Gasteiger partial charge is 0.140 e. The summed E-state index contributed by atoms with van der Waals surface area (Å²) in [5.41, 5.74) is 5.52. The molecule has 5 nitrogen and oxygen atoms in total. The highest BCUT2D eigenvalue weighted by molar-refractivity contribution is 4.84. The molecular formula is C9H19N5. The van der Waals surface area contributed by atoms with Crippen LogP contribution in [0.15, 0.2) is 6.33 Å². The van der Waals surface area contributed by atoms with Crippen LogP contribution in [-0.4, -0.2) is 39.3 Å². The average molecular weight is 197 g/mol. The van der Waals surface area contributed by atoms with E-state index in [0.717, 1.165) is 32.0 Å². The Kier molecular flexibility index (Phi) is 4.55. The van der Waals surface area contributed by atoms with Gasteiger partial charge in [0.05, 0.1) is 6.54 Å². The normalized spacial score (nSPS) is 11.1. The molecular weight excluding hydrogens is 178 g/mol. The SMILES string of the molecule is CCN(CCN)Cc1ncnn1CC. The van der Waals surface area contributed by atoms with E-state index in [-0.39, 0.29) is 0 Å². The van der Waals surface area contributed by atoms with Gasteiger partial charge in [0.15, 0.2) is 0 Å². The Bertz CT molecular complexity index is 257. The Morgan fingerprint density at radius 2 is 2.29 bits per heavy atom. The van der Waals surface area contributed by atoms with Crippen LogP contribution in [0.1, 0.15) is 19.7 Å². The quantitative estimate of drug-likeness (QED) is 0.701. The molecule has 1 heterocycles. The van der Waals surface area contributed by atoms with E-state index < -0.39 is 0 Å². The van der Waals surface area contributed by atoms with Gasteiger partial charge in [0.2, 0.25) is 0 Å². The van der Waals surface area contributed by atoms with E-state index in [1.807, 2.05) is 4.68 Å². The highest BCUT2D eigenvalue weighted by atomic mass is 15.3. The van der Waals surface area contributed by atoms with Crippen LogP contribution in [0.25, 0.3) is 0 Å². The van der Waals surface area contributed by atoms with Crippen molar-refractivity contribution in [1.29, 1.82) is 0 Å². The zero-order chi connectivity index (χ0) is 10.4. The summed E-state index contributed by atoms with van der Waals surface area (Å²) >= 11 is 0. The van der Waals surface area contributed by atoms with Gasteiger partial charge in [-0.2, -0.15) is 5.10 Å². The van der Waals surface area contributed by atoms with Gasteiger partial charge in [-0.1, -0.05) is 6.92 Å². The first-order valence-corrected chi connectivity index (χ1v) is 5.10. The molecule has 2 N–H and O–H groups in total. The van der Waals surface area contributed by atoms with E-state index in [4.69, 9.17) is 5.73 Å². The van der Waals surface area contributed by atoms with E-state index in [1.165, 1.54) is 0 Å². The lowest BCUT2D eigenvalue weighted by molar-refractivity contribution is 0.275. The highest BCUT2D eigenvalue weighted by Crippen LogP contribution is 1.99. The molecule has 0 saturated heterocycles. The number of rotatable bonds is 6. The first-order chi connectivity index (χ1) is 6.81. The van der Waals surface area contributed by atoms with E-state index in [1.54, 1.807) is 6.33 Å². The van der Waals surface area contributed by atoms with Gasteiger partial charge in [0, 0.05) is 19.6 Å². The maximum Gasteiger partial charge on any atom is 0.140 e. The molecule has 80 valence electrons. The average Bonchev–Trinajstić information content (AvgIpc) is 2.64. The van der Waals surface area contributed by atoms with Gasteiger partial charge in [0.1, 0.15) is 12.2 Å². The molecule has 1 rings (SSSR count). The van der Waals surface area contributed by atoms with Crippen LogP contribution >= 0.6 is 0 Å². The number of hydrogen-bond acceptors (Lipinski definition) is 4. The number of aromatic nitrogens is 3. The van der Waals surface area contributed by atoms with Gasteiger partial charge in [0.25, 0.3) is 0 Å². The molecule has 0 amide bonds. The minimum atomic E-state index is 0.689. The van der Waals surface area contributed by atoms with Gasteiger partial charge in [-0.25, -0.2) is 9.67 Å². The third kappa shape index (κ3) is 2.78. The zero-order valence-corrected chi connectivity index (χ0v) is 8.98. The van der Waals surface area contributed by atoms with Crippen LogP contribution in [0.2, 0.25) is 0 Å². The van der Waals surface area contributed by atoms with Crippen LogP contribution in [-0.2, 0) is 13.1 Å². The van der Waals surface area contributed by atoms with Crippen molar-refractivity contribution in [2.75, 3.05) is 19.6 Å². The Labute approximate surface area is 84.9 Å². The molecule has 0 fully saturated rings. The fourth-order valence-corrected chi connectivity index (χ4v) is 1.41. The van der Waals surface area contributed by atoms with Crippen molar-refractivity contribution < 1.29 is 0 Å². The topological polar surface area (TPSA) is 60.0 Å². The molecule has 0 aliphatic carbocycles. The van der Waals surface area contributed by atoms with Gasteiger partial charge in [-0.15, -0.1) is 0 Å². The van der Waals surface area contributed by atoms with Gasteiger partial charge in [-0.3, -0.25) is 4.90 Å². The lowest BCUT2D eigenvalue weighted by Gasteiger charge is -2.18. The predicted molar refractivity (Wildman–Crippen MR) is 55.7 cm³/mol. The molecule has 0 radical (unpaired) electrons. The monoisotopic (exact) mass is 197 g/mol. The number of nitrogens with zero attached hydrogens (tertiary/aromatic N) is 4. The summed E-state index contributed by atoms with van der Waals surface area (Å²) in [7, 11) is 0. The minimum Gasteiger partial charge on any atom is -0.329 e. The molecule has 0 saturated carbocycles. The second-order valence-corrected chi connectivity index (χ2v) is 3.15. The van der Waals surface area contributed by atoms with Crippen molar-refractivity contribution in [2.24, 2.45) is 5.73 Å². The van der Waals surface area contributed by atoms with Crippen molar-refractivity contribution >= 4 is 0 Å². The molecule has 1 aromatic heterocycles. The van der Waals surface area contributed by atoms with E-state index >= 15 is 0 Å². The van der Waals surface area contributed by atoms with Crippen molar-refractivity contribution in [2.45, 2.75) is 26.9 Å². The van der Waals surface area contributed by atoms with Crippen LogP contribution in [0.5, 0.6) is 0 Å². The third-order valence-electron chi connectivity index (χ3n) is 2.25. The first-order valence-electron chi connectivity index (χ1n) is 5.10. The Balaban J connectivity index is 2.56. The van der Waals surface area contributed by atoms with Crippen LogP contribution < -0.4 is 5.73 Å². The Morgan fingerprint density at radius 3 is 2.86 bits per heavy atom. The predicted octanol–water partition coefficient (Wildman–Crippen LogP) is 0.0786. The summed E-state index contributed by atoms with van der Waals surface area (Å²) in [4.78, 5) is 6.49. The van der Waals surface area contributed by atoms with E-state index in [0.29, 0.717) is 6.54 Å². The van der Waals surface area contributed by atoms with Crippen molar-refractivity contribution in [3.63, 3.8) is 0 Å². The summed E-state index contributed by atoms with van der Waals surface area (Å²) < 4.78 is 1.92. The Hall–Kier alpha value is -0.940. The zero-order valence-electron chi connectivity index (χ0n) is 8.98. The van der Waals surface area contributed by atoms with E-state index in [2.05, 4.69) is 28.8 Å². The molecule has 0 atom stereocenters. The highest BCUT2D eigenvalue weighted by Gasteiger charge is 2.07. The molecule has 0 spiro atoms. The van der Waals surface area contributed by atoms with Gasteiger partial charge >= 0.3 is 0 Å². The molecule has 0 bridgehead atoms. The second kappa shape index (κ2) is 5.72. The molecule has 0 aliphatic rings. The van der Waals surface area contributed by atoms with Crippen molar-refractivity contribution in [3.05, 3.63) is 12.2 Å². The summed E-state index contributed by atoms with van der Waals surface area (Å²) in [6.45, 7) is 8.49. The summed E-state index contributed by atoms with van der Waals surface area (Å²) in [5.74, 6) is 1.02. The van der Waals surface area contributed by atoms with Crippen LogP contribution in [0.3, 0.4) is 0 Å². The van der Waals surface area contributed by atoms with E-state index in [9.17, 15) is 0 Å². The third-order valence-corrected chi connectivity index (χ3v) is 2.25. The summed E-state index contributed by atoms with van der Waals surface area (Å²) in [6, 6.07) is 0. The lowest BCUT2D eigenvalue weighted by atomic mass is 10.4.